The summed E-state index contributed by atoms with van der Waals surface area (Å²) in [6, 6.07) is 16.5. The van der Waals surface area contributed by atoms with Gasteiger partial charge >= 0.3 is 0 Å². The van der Waals surface area contributed by atoms with Gasteiger partial charge in [0.2, 0.25) is 15.9 Å². The molecule has 0 aliphatic carbocycles. The van der Waals surface area contributed by atoms with Crippen molar-refractivity contribution in [2.45, 2.75) is 30.1 Å². The van der Waals surface area contributed by atoms with Gasteiger partial charge in [-0.25, -0.2) is 13.4 Å². The minimum Gasteiger partial charge on any atom is -0.470 e. The fourth-order valence-corrected chi connectivity index (χ4v) is 5.88. The summed E-state index contributed by atoms with van der Waals surface area (Å²) < 4.78 is 35.0. The molecule has 8 heteroatoms. The number of rotatable bonds is 4. The molecule has 0 unspecified atom stereocenters. The molecular formula is C22H22N4O3S. The number of fused-ring (bicyclic) bond motifs is 2. The molecule has 4 heterocycles. The van der Waals surface area contributed by atoms with Gasteiger partial charge in [-0.05, 0) is 35.4 Å². The number of aromatic nitrogens is 2. The maximum absolute atomic E-state index is 13.6. The lowest BCUT2D eigenvalue weighted by molar-refractivity contribution is 0.144. The first-order valence-corrected chi connectivity index (χ1v) is 11.3. The van der Waals surface area contributed by atoms with E-state index in [0.29, 0.717) is 26.2 Å². The smallest absolute Gasteiger partial charge is 0.249 e. The zero-order valence-corrected chi connectivity index (χ0v) is 17.1. The third-order valence-electron chi connectivity index (χ3n) is 5.61. The van der Waals surface area contributed by atoms with E-state index < -0.39 is 10.0 Å². The van der Waals surface area contributed by atoms with Crippen molar-refractivity contribution >= 4 is 10.0 Å². The first kappa shape index (κ1) is 19.2. The summed E-state index contributed by atoms with van der Waals surface area (Å²) in [6.07, 6.45) is 4.82. The highest BCUT2D eigenvalue weighted by Gasteiger charge is 2.47. The highest BCUT2D eigenvalue weighted by atomic mass is 32.2. The minimum absolute atomic E-state index is 0.135. The molecule has 0 radical (unpaired) electrons. The van der Waals surface area contributed by atoms with Crippen molar-refractivity contribution in [3.63, 3.8) is 0 Å². The standard InChI is InChI=1S/C22H22N4O3S/c27-30(28)21-7-4-10-24-22(21)29-20-16-25(13-18-8-11-23-12-9-18)15-19(20)26(30)14-17-5-2-1-3-6-17/h1-12,19-20H,13-16H2/t19-,20-/m1/s1. The van der Waals surface area contributed by atoms with Crippen LogP contribution < -0.4 is 4.74 Å². The average molecular weight is 423 g/mol. The molecule has 1 aromatic carbocycles. The Kier molecular flexibility index (Phi) is 4.98. The minimum atomic E-state index is -3.76. The second-order valence-electron chi connectivity index (χ2n) is 7.62. The Bertz CT molecular complexity index is 1130. The number of sulfonamides is 1. The summed E-state index contributed by atoms with van der Waals surface area (Å²) in [5.41, 5.74) is 2.08. The van der Waals surface area contributed by atoms with Gasteiger partial charge in [-0.1, -0.05) is 30.3 Å². The molecule has 154 valence electrons. The first-order valence-electron chi connectivity index (χ1n) is 9.90. The van der Waals surface area contributed by atoms with Gasteiger partial charge in [0.15, 0.2) is 0 Å². The normalized spacial score (nSPS) is 23.2. The molecule has 3 aromatic rings. The number of ether oxygens (including phenoxy) is 1. The van der Waals surface area contributed by atoms with E-state index in [2.05, 4.69) is 14.9 Å². The Morgan fingerprint density at radius 2 is 1.67 bits per heavy atom. The number of hydrogen-bond acceptors (Lipinski definition) is 6. The van der Waals surface area contributed by atoms with Crippen LogP contribution in [0.25, 0.3) is 0 Å². The molecule has 0 saturated carbocycles. The van der Waals surface area contributed by atoms with E-state index >= 15 is 0 Å². The molecule has 2 aliphatic rings. The largest absolute Gasteiger partial charge is 0.470 e. The summed E-state index contributed by atoms with van der Waals surface area (Å²) >= 11 is 0. The molecule has 5 rings (SSSR count). The molecule has 7 nitrogen and oxygen atoms in total. The van der Waals surface area contributed by atoms with Gasteiger partial charge in [-0.2, -0.15) is 4.31 Å². The van der Waals surface area contributed by atoms with Crippen LogP contribution >= 0.6 is 0 Å². The van der Waals surface area contributed by atoms with Gasteiger partial charge in [0.05, 0.1) is 6.04 Å². The summed E-state index contributed by atoms with van der Waals surface area (Å²) in [6.45, 7) is 2.23. The first-order chi connectivity index (χ1) is 14.6. The monoisotopic (exact) mass is 422 g/mol. The zero-order chi connectivity index (χ0) is 20.6. The van der Waals surface area contributed by atoms with Crippen LogP contribution in [0, 0.1) is 0 Å². The third kappa shape index (κ3) is 3.58. The van der Waals surface area contributed by atoms with E-state index in [-0.39, 0.29) is 22.9 Å². The van der Waals surface area contributed by atoms with E-state index in [1.165, 1.54) is 0 Å². The van der Waals surface area contributed by atoms with Gasteiger partial charge < -0.3 is 4.74 Å². The molecule has 2 aliphatic heterocycles. The van der Waals surface area contributed by atoms with Crippen molar-refractivity contribution in [2.24, 2.45) is 0 Å². The zero-order valence-electron chi connectivity index (χ0n) is 16.3. The fourth-order valence-electron chi connectivity index (χ4n) is 4.18. The van der Waals surface area contributed by atoms with Crippen LogP contribution in [-0.4, -0.2) is 52.8 Å². The van der Waals surface area contributed by atoms with Crippen molar-refractivity contribution in [1.29, 1.82) is 0 Å². The quantitative estimate of drug-likeness (QED) is 0.642. The molecule has 1 fully saturated rings. The van der Waals surface area contributed by atoms with Crippen LogP contribution in [0.3, 0.4) is 0 Å². The van der Waals surface area contributed by atoms with Crippen LogP contribution in [0.15, 0.2) is 78.1 Å². The van der Waals surface area contributed by atoms with E-state index in [0.717, 1.165) is 11.1 Å². The number of likely N-dealkylation sites (tertiary alicyclic amines) is 1. The van der Waals surface area contributed by atoms with Crippen molar-refractivity contribution in [3.8, 4) is 5.88 Å². The van der Waals surface area contributed by atoms with E-state index in [1.807, 2.05) is 42.5 Å². The maximum atomic E-state index is 13.6. The topological polar surface area (TPSA) is 75.6 Å². The summed E-state index contributed by atoms with van der Waals surface area (Å²) in [4.78, 5) is 10.7. The molecule has 2 aromatic heterocycles. The van der Waals surface area contributed by atoms with Crippen LogP contribution in [0.1, 0.15) is 11.1 Å². The fraction of sp³-hybridized carbons (Fsp3) is 0.273. The van der Waals surface area contributed by atoms with Crippen LogP contribution in [0.2, 0.25) is 0 Å². The Hall–Kier alpha value is -2.81. The highest BCUT2D eigenvalue weighted by Crippen LogP contribution is 2.36. The van der Waals surface area contributed by atoms with E-state index in [1.54, 1.807) is 35.0 Å². The van der Waals surface area contributed by atoms with Crippen molar-refractivity contribution in [3.05, 3.63) is 84.3 Å². The van der Waals surface area contributed by atoms with Gasteiger partial charge in [0.1, 0.15) is 11.0 Å². The van der Waals surface area contributed by atoms with Crippen molar-refractivity contribution < 1.29 is 13.2 Å². The van der Waals surface area contributed by atoms with Crippen molar-refractivity contribution in [1.82, 2.24) is 19.2 Å². The van der Waals surface area contributed by atoms with Crippen LogP contribution in [0.5, 0.6) is 5.88 Å². The Morgan fingerprint density at radius 3 is 2.47 bits per heavy atom. The van der Waals surface area contributed by atoms with Gasteiger partial charge in [-0.3, -0.25) is 9.88 Å². The molecule has 1 saturated heterocycles. The summed E-state index contributed by atoms with van der Waals surface area (Å²) in [7, 11) is -3.76. The molecule has 30 heavy (non-hydrogen) atoms. The summed E-state index contributed by atoms with van der Waals surface area (Å²) in [5, 5.41) is 0. The summed E-state index contributed by atoms with van der Waals surface area (Å²) in [5.74, 6) is 0.189. The Balaban J connectivity index is 1.51. The van der Waals surface area contributed by atoms with E-state index in [4.69, 9.17) is 4.74 Å². The lowest BCUT2D eigenvalue weighted by Crippen LogP contribution is -2.46. The number of hydrogen-bond donors (Lipinski definition) is 0. The lowest BCUT2D eigenvalue weighted by atomic mass is 10.1. The SMILES string of the molecule is O=S1(=O)c2cccnc2O[C@@H]2CN(Cc3ccncc3)C[C@H]2N1Cc1ccccc1. The Labute approximate surface area is 176 Å². The number of pyridine rings is 2. The third-order valence-corrected chi connectivity index (χ3v) is 7.49. The molecule has 2 atom stereocenters. The predicted octanol–water partition coefficient (Wildman–Crippen LogP) is 2.31. The van der Waals surface area contributed by atoms with Gasteiger partial charge in [0, 0.05) is 44.8 Å². The number of nitrogens with zero attached hydrogens (tertiary/aromatic N) is 4. The molecule has 0 amide bonds. The van der Waals surface area contributed by atoms with E-state index in [9.17, 15) is 8.42 Å². The molecule has 0 bridgehead atoms. The average Bonchev–Trinajstić information content (AvgIpc) is 3.11. The predicted molar refractivity (Wildman–Crippen MR) is 111 cm³/mol. The lowest BCUT2D eigenvalue weighted by Gasteiger charge is -2.28. The maximum Gasteiger partial charge on any atom is 0.249 e. The highest BCUT2D eigenvalue weighted by molar-refractivity contribution is 7.89. The molecular weight excluding hydrogens is 400 g/mol. The van der Waals surface area contributed by atoms with Crippen molar-refractivity contribution in [2.75, 3.05) is 13.1 Å². The van der Waals surface area contributed by atoms with Gasteiger partial charge in [0.25, 0.3) is 0 Å². The second kappa shape index (κ2) is 7.79. The number of benzene rings is 1. The van der Waals surface area contributed by atoms with Crippen LogP contribution in [-0.2, 0) is 23.1 Å². The molecule has 0 N–H and O–H groups in total. The second-order valence-corrected chi connectivity index (χ2v) is 9.47. The van der Waals surface area contributed by atoms with Crippen LogP contribution in [0.4, 0.5) is 0 Å². The Morgan fingerprint density at radius 1 is 0.900 bits per heavy atom. The molecule has 0 spiro atoms. The van der Waals surface area contributed by atoms with Gasteiger partial charge in [-0.15, -0.1) is 0 Å².